The first-order chi connectivity index (χ1) is 11.0. The van der Waals surface area contributed by atoms with Crippen LogP contribution in [0.4, 0.5) is 5.69 Å². The lowest BCUT2D eigenvalue weighted by molar-refractivity contribution is -0.112. The molecule has 1 N–H and O–H groups in total. The zero-order valence-corrected chi connectivity index (χ0v) is 14.4. The first-order valence-corrected chi connectivity index (χ1v) is 7.89. The van der Waals surface area contributed by atoms with Crippen LogP contribution in [0.5, 0.6) is 0 Å². The van der Waals surface area contributed by atoms with Gasteiger partial charge >= 0.3 is 0 Å². The number of halogens is 1. The molecule has 1 unspecified atom stereocenters. The Bertz CT molecular complexity index is 768. The highest BCUT2D eigenvalue weighted by Gasteiger charge is 2.46. The number of anilines is 1. The van der Waals surface area contributed by atoms with E-state index in [1.807, 2.05) is 72.4 Å². The number of rotatable bonds is 3. The number of fused-ring (bicyclic) bond motifs is 1. The molecule has 1 aliphatic heterocycles. The fourth-order valence-electron chi connectivity index (χ4n) is 3.11. The molecule has 3 rings (SSSR count). The maximum absolute atomic E-state index is 11.5. The standard InChI is InChI=1S/C17H16ClN3OS/c1-20-15-9-8-13(18)10-14(15)17(19-11-22,21(2)16(20)23)12-6-4-3-5-7-12/h3-11H,1-2H3,(H,19,22). The molecule has 1 atom stereocenters. The molecule has 0 fully saturated rings. The zero-order chi connectivity index (χ0) is 16.6. The largest absolute Gasteiger partial charge is 0.328 e. The summed E-state index contributed by atoms with van der Waals surface area (Å²) < 4.78 is 0. The van der Waals surface area contributed by atoms with E-state index in [9.17, 15) is 4.79 Å². The molecule has 118 valence electrons. The van der Waals surface area contributed by atoms with Crippen molar-refractivity contribution in [2.45, 2.75) is 5.66 Å². The minimum atomic E-state index is -0.896. The molecule has 0 aliphatic carbocycles. The molecule has 0 bridgehead atoms. The fraction of sp³-hybridized carbons (Fsp3) is 0.176. The number of carbonyl (C=O) groups is 1. The van der Waals surface area contributed by atoms with Crippen molar-refractivity contribution in [1.29, 1.82) is 0 Å². The minimum Gasteiger partial charge on any atom is -0.328 e. The van der Waals surface area contributed by atoms with Gasteiger partial charge in [0.05, 0.1) is 5.69 Å². The Labute approximate surface area is 145 Å². The van der Waals surface area contributed by atoms with Crippen molar-refractivity contribution in [3.63, 3.8) is 0 Å². The molecule has 0 saturated heterocycles. The Morgan fingerprint density at radius 1 is 1.17 bits per heavy atom. The smallest absolute Gasteiger partial charge is 0.209 e. The first-order valence-electron chi connectivity index (χ1n) is 7.11. The van der Waals surface area contributed by atoms with Crippen LogP contribution in [0.2, 0.25) is 5.02 Å². The molecular formula is C17H16ClN3OS. The van der Waals surface area contributed by atoms with E-state index in [0.717, 1.165) is 16.8 Å². The molecule has 0 saturated carbocycles. The van der Waals surface area contributed by atoms with Gasteiger partial charge in [0.15, 0.2) is 10.8 Å². The van der Waals surface area contributed by atoms with Crippen molar-refractivity contribution in [1.82, 2.24) is 10.2 Å². The van der Waals surface area contributed by atoms with E-state index in [4.69, 9.17) is 23.8 Å². The van der Waals surface area contributed by atoms with Crippen LogP contribution in [-0.2, 0) is 10.5 Å². The summed E-state index contributed by atoms with van der Waals surface area (Å²) in [6.07, 6.45) is 0.697. The fourth-order valence-corrected chi connectivity index (χ4v) is 3.52. The Morgan fingerprint density at radius 2 is 1.87 bits per heavy atom. The van der Waals surface area contributed by atoms with Gasteiger partial charge in [-0.1, -0.05) is 41.9 Å². The molecule has 2 aromatic rings. The summed E-state index contributed by atoms with van der Waals surface area (Å²) in [5.41, 5.74) is 1.80. The van der Waals surface area contributed by atoms with Gasteiger partial charge in [0.1, 0.15) is 0 Å². The third-order valence-corrected chi connectivity index (χ3v) is 5.03. The molecule has 6 heteroatoms. The first kappa shape index (κ1) is 15.8. The number of hydrogen-bond acceptors (Lipinski definition) is 2. The highest BCUT2D eigenvalue weighted by Crippen LogP contribution is 2.43. The second-order valence-electron chi connectivity index (χ2n) is 5.40. The highest BCUT2D eigenvalue weighted by molar-refractivity contribution is 7.80. The van der Waals surface area contributed by atoms with Crippen molar-refractivity contribution in [2.24, 2.45) is 0 Å². The van der Waals surface area contributed by atoms with Crippen molar-refractivity contribution >= 4 is 41.0 Å². The summed E-state index contributed by atoms with van der Waals surface area (Å²) in [5, 5.41) is 4.18. The number of carbonyl (C=O) groups excluding carboxylic acids is 1. The Balaban J connectivity index is 2.38. The molecule has 23 heavy (non-hydrogen) atoms. The second-order valence-corrected chi connectivity index (χ2v) is 6.20. The summed E-state index contributed by atoms with van der Waals surface area (Å²) >= 11 is 11.8. The van der Waals surface area contributed by atoms with E-state index in [2.05, 4.69) is 5.32 Å². The maximum Gasteiger partial charge on any atom is 0.209 e. The second kappa shape index (κ2) is 5.83. The Morgan fingerprint density at radius 3 is 2.52 bits per heavy atom. The lowest BCUT2D eigenvalue weighted by Crippen LogP contribution is -2.63. The quantitative estimate of drug-likeness (QED) is 0.685. The zero-order valence-electron chi connectivity index (χ0n) is 12.8. The third kappa shape index (κ3) is 2.28. The maximum atomic E-state index is 11.5. The minimum absolute atomic E-state index is 0.603. The van der Waals surface area contributed by atoms with Crippen LogP contribution in [0.3, 0.4) is 0 Å². The van der Waals surface area contributed by atoms with Crippen LogP contribution in [0, 0.1) is 0 Å². The third-order valence-electron chi connectivity index (χ3n) is 4.25. The monoisotopic (exact) mass is 345 g/mol. The molecule has 0 spiro atoms. The Hall–Kier alpha value is -2.11. The molecule has 2 aromatic carbocycles. The Kier molecular flexibility index (Phi) is 4.00. The predicted molar refractivity (Wildman–Crippen MR) is 96.6 cm³/mol. The van der Waals surface area contributed by atoms with Gasteiger partial charge in [0.25, 0.3) is 0 Å². The summed E-state index contributed by atoms with van der Waals surface area (Å²) in [6, 6.07) is 15.3. The van der Waals surface area contributed by atoms with Crippen LogP contribution in [0.1, 0.15) is 11.1 Å². The van der Waals surface area contributed by atoms with E-state index in [0.29, 0.717) is 16.5 Å². The van der Waals surface area contributed by atoms with Crippen molar-refractivity contribution in [3.8, 4) is 0 Å². The van der Waals surface area contributed by atoms with Crippen LogP contribution >= 0.6 is 23.8 Å². The van der Waals surface area contributed by atoms with Crippen LogP contribution < -0.4 is 10.2 Å². The summed E-state index contributed by atoms with van der Waals surface area (Å²) in [6.45, 7) is 0. The van der Waals surface area contributed by atoms with Gasteiger partial charge in [-0.3, -0.25) is 4.79 Å². The molecule has 1 amide bonds. The topological polar surface area (TPSA) is 35.6 Å². The van der Waals surface area contributed by atoms with Crippen molar-refractivity contribution < 1.29 is 4.79 Å². The molecule has 4 nitrogen and oxygen atoms in total. The molecule has 1 heterocycles. The number of nitrogens with zero attached hydrogens (tertiary/aromatic N) is 2. The van der Waals surface area contributed by atoms with Gasteiger partial charge < -0.3 is 15.1 Å². The van der Waals surface area contributed by atoms with Gasteiger partial charge in [0, 0.05) is 30.2 Å². The highest BCUT2D eigenvalue weighted by atomic mass is 35.5. The molecular weight excluding hydrogens is 330 g/mol. The number of hydrogen-bond donors (Lipinski definition) is 1. The normalized spacial score (nSPS) is 20.2. The summed E-state index contributed by atoms with van der Waals surface area (Å²) in [5.74, 6) is 0. The lowest BCUT2D eigenvalue weighted by atomic mass is 9.86. The SMILES string of the molecule is CN1C(=S)N(C)C(NC=O)(c2ccccc2)c2cc(Cl)ccc21. The average molecular weight is 346 g/mol. The molecule has 0 aromatic heterocycles. The summed E-state index contributed by atoms with van der Waals surface area (Å²) in [4.78, 5) is 15.2. The number of amides is 1. The van der Waals surface area contributed by atoms with Gasteiger partial charge in [-0.05, 0) is 30.4 Å². The molecule has 1 aliphatic rings. The predicted octanol–water partition coefficient (Wildman–Crippen LogP) is 2.95. The van der Waals surface area contributed by atoms with Gasteiger partial charge in [-0.25, -0.2) is 0 Å². The van der Waals surface area contributed by atoms with Crippen LogP contribution in [-0.4, -0.2) is 30.5 Å². The average Bonchev–Trinajstić information content (AvgIpc) is 2.57. The van der Waals surface area contributed by atoms with Gasteiger partial charge in [0.2, 0.25) is 6.41 Å². The van der Waals surface area contributed by atoms with Crippen LogP contribution in [0.25, 0.3) is 0 Å². The van der Waals surface area contributed by atoms with E-state index in [-0.39, 0.29) is 0 Å². The number of thiocarbonyl (C=S) groups is 1. The number of benzene rings is 2. The van der Waals surface area contributed by atoms with Crippen LogP contribution in [0.15, 0.2) is 48.5 Å². The van der Waals surface area contributed by atoms with E-state index < -0.39 is 5.66 Å². The van der Waals surface area contributed by atoms with Crippen molar-refractivity contribution in [2.75, 3.05) is 19.0 Å². The van der Waals surface area contributed by atoms with Crippen molar-refractivity contribution in [3.05, 3.63) is 64.7 Å². The summed E-state index contributed by atoms with van der Waals surface area (Å²) in [7, 11) is 3.77. The van der Waals surface area contributed by atoms with E-state index in [1.54, 1.807) is 0 Å². The van der Waals surface area contributed by atoms with E-state index in [1.165, 1.54) is 0 Å². The van der Waals surface area contributed by atoms with E-state index >= 15 is 0 Å². The molecule has 0 radical (unpaired) electrons. The lowest BCUT2D eigenvalue weighted by Gasteiger charge is -2.50. The van der Waals surface area contributed by atoms with Gasteiger partial charge in [-0.2, -0.15) is 0 Å². The van der Waals surface area contributed by atoms with Gasteiger partial charge in [-0.15, -0.1) is 0 Å². The number of nitrogens with one attached hydrogen (secondary N) is 1.